The Labute approximate surface area is 315 Å². The molecule has 3 heterocycles. The summed E-state index contributed by atoms with van der Waals surface area (Å²) in [7, 11) is 5.84. The fourth-order valence-electron chi connectivity index (χ4n) is 8.69. The number of carbonyl (C=O) groups is 2. The maximum Gasteiger partial charge on any atom is 0.311 e. The lowest BCUT2D eigenvalue weighted by Gasteiger charge is -2.51. The van der Waals surface area contributed by atoms with Crippen LogP contribution in [0.3, 0.4) is 0 Å². The van der Waals surface area contributed by atoms with Gasteiger partial charge in [-0.05, 0) is 54.4 Å². The number of aliphatic hydroxyl groups excluding tert-OH is 3. The number of hydrogen-bond donors (Lipinski definition) is 4. The summed E-state index contributed by atoms with van der Waals surface area (Å²) in [5.74, 6) is -4.76. The topological polar surface area (TPSA) is 203 Å². The van der Waals surface area contributed by atoms with E-state index in [9.17, 15) is 35.2 Å². The predicted octanol–water partition coefficient (Wildman–Crippen LogP) is 2.45. The summed E-state index contributed by atoms with van der Waals surface area (Å²) < 4.78 is 42.8. The highest BCUT2D eigenvalue weighted by Gasteiger charge is 2.54. The van der Waals surface area contributed by atoms with Crippen molar-refractivity contribution in [2.75, 3.05) is 28.3 Å². The van der Waals surface area contributed by atoms with Gasteiger partial charge in [0.15, 0.2) is 18.7 Å². The molecule has 0 aromatic carbocycles. The van der Waals surface area contributed by atoms with Gasteiger partial charge in [-0.2, -0.15) is 0 Å². The minimum atomic E-state index is -1.99. The van der Waals surface area contributed by atoms with Crippen LogP contribution in [0.4, 0.5) is 0 Å². The van der Waals surface area contributed by atoms with Crippen LogP contribution in [0.15, 0.2) is 0 Å². The van der Waals surface area contributed by atoms with Gasteiger partial charge in [0.2, 0.25) is 0 Å². The molecule has 18 atom stereocenters. The molecular formula is C38H69NO14. The van der Waals surface area contributed by atoms with Crippen molar-refractivity contribution in [3.63, 3.8) is 0 Å². The second kappa shape index (κ2) is 17.4. The number of methoxy groups -OCH3 is 2. The first kappa shape index (κ1) is 46.0. The van der Waals surface area contributed by atoms with Crippen LogP contribution in [-0.2, 0) is 42.7 Å². The number of nitrogens with zero attached hydrogens (tertiary/aromatic N) is 1. The molecule has 3 saturated heterocycles. The lowest BCUT2D eigenvalue weighted by Crippen LogP contribution is -2.63. The summed E-state index contributed by atoms with van der Waals surface area (Å²) in [5, 5.41) is 58.7. The number of likely N-dealkylation sites (N-methyl/N-ethyl adjacent to an activating group) is 1. The molecule has 15 nitrogen and oxygen atoms in total. The minimum Gasteiger partial charge on any atom is -0.633 e. The van der Waals surface area contributed by atoms with E-state index in [2.05, 4.69) is 0 Å². The Balaban J connectivity index is 2.23. The van der Waals surface area contributed by atoms with Gasteiger partial charge in [-0.1, -0.05) is 27.7 Å². The zero-order chi connectivity index (χ0) is 40.6. The minimum absolute atomic E-state index is 0.0507. The monoisotopic (exact) mass is 763 g/mol. The maximum atomic E-state index is 14.2. The van der Waals surface area contributed by atoms with Gasteiger partial charge in [0.25, 0.3) is 0 Å². The molecule has 53 heavy (non-hydrogen) atoms. The molecule has 0 aliphatic carbocycles. The van der Waals surface area contributed by atoms with Crippen LogP contribution in [0.2, 0.25) is 0 Å². The molecule has 0 bridgehead atoms. The maximum absolute atomic E-state index is 14.2. The van der Waals surface area contributed by atoms with Crippen molar-refractivity contribution < 1.29 is 67.8 Å². The van der Waals surface area contributed by atoms with Gasteiger partial charge in [0.1, 0.15) is 29.6 Å². The quantitative estimate of drug-likeness (QED) is 0.160. The third-order valence-corrected chi connectivity index (χ3v) is 12.4. The van der Waals surface area contributed by atoms with Crippen molar-refractivity contribution in [3.8, 4) is 0 Å². The highest BCUT2D eigenvalue weighted by molar-refractivity contribution is 5.83. The number of hydrogen-bond acceptors (Lipinski definition) is 14. The first-order valence-electron chi connectivity index (χ1n) is 19.1. The van der Waals surface area contributed by atoms with Gasteiger partial charge in [-0.15, -0.1) is 0 Å². The lowest BCUT2D eigenvalue weighted by molar-refractivity contribution is -0.874. The van der Waals surface area contributed by atoms with Crippen molar-refractivity contribution in [2.45, 2.75) is 179 Å². The number of carbonyl (C=O) groups excluding carboxylic acids is 2. The smallest absolute Gasteiger partial charge is 0.311 e. The third kappa shape index (κ3) is 9.80. The summed E-state index contributed by atoms with van der Waals surface area (Å²) in [6.07, 6.45) is -10.1. The van der Waals surface area contributed by atoms with E-state index in [1.807, 2.05) is 0 Å². The highest BCUT2D eigenvalue weighted by Crippen LogP contribution is 2.42. The molecule has 0 saturated carbocycles. The number of ketones is 1. The average molecular weight is 764 g/mol. The van der Waals surface area contributed by atoms with E-state index in [4.69, 9.17) is 33.2 Å². The summed E-state index contributed by atoms with van der Waals surface area (Å²) in [6, 6.07) is -0.788. The molecule has 4 N–H and O–H groups in total. The molecule has 18 unspecified atom stereocenters. The summed E-state index contributed by atoms with van der Waals surface area (Å²) in [4.78, 5) is 28.2. The zero-order valence-corrected chi connectivity index (χ0v) is 34.3. The van der Waals surface area contributed by atoms with Gasteiger partial charge in [0, 0.05) is 44.8 Å². The molecule has 0 aromatic rings. The number of cyclic esters (lactones) is 1. The number of aliphatic hydroxyl groups is 4. The first-order chi connectivity index (χ1) is 24.3. The van der Waals surface area contributed by atoms with E-state index < -0.39 is 119 Å². The number of hydroxylamine groups is 3. The largest absolute Gasteiger partial charge is 0.633 e. The summed E-state index contributed by atoms with van der Waals surface area (Å²) in [6.45, 7) is 16.6. The molecule has 0 amide bonds. The molecule has 0 aromatic heterocycles. The lowest BCUT2D eigenvalue weighted by atomic mass is 9.74. The van der Waals surface area contributed by atoms with Gasteiger partial charge >= 0.3 is 5.97 Å². The van der Waals surface area contributed by atoms with Crippen LogP contribution in [0.1, 0.15) is 94.9 Å². The Morgan fingerprint density at radius 3 is 1.98 bits per heavy atom. The van der Waals surface area contributed by atoms with E-state index in [1.54, 1.807) is 55.4 Å². The van der Waals surface area contributed by atoms with E-state index in [1.165, 1.54) is 42.2 Å². The van der Waals surface area contributed by atoms with Gasteiger partial charge < -0.3 is 63.4 Å². The Bertz CT molecular complexity index is 1230. The van der Waals surface area contributed by atoms with Crippen molar-refractivity contribution in [3.05, 3.63) is 5.21 Å². The number of rotatable bonds is 8. The molecule has 3 aliphatic rings. The Morgan fingerprint density at radius 2 is 1.45 bits per heavy atom. The predicted molar refractivity (Wildman–Crippen MR) is 193 cm³/mol. The van der Waals surface area contributed by atoms with E-state index in [0.717, 1.165) is 0 Å². The number of ether oxygens (including phenoxy) is 7. The van der Waals surface area contributed by atoms with E-state index in [-0.39, 0.29) is 31.5 Å². The number of Topliss-reactive ketones (excluding diaryl/α,β-unsaturated/α-hetero) is 1. The van der Waals surface area contributed by atoms with Crippen LogP contribution in [-0.4, -0.2) is 149 Å². The molecule has 0 radical (unpaired) electrons. The van der Waals surface area contributed by atoms with E-state index in [0.29, 0.717) is 0 Å². The summed E-state index contributed by atoms with van der Waals surface area (Å²) in [5.41, 5.74) is -4.38. The summed E-state index contributed by atoms with van der Waals surface area (Å²) >= 11 is 0. The van der Waals surface area contributed by atoms with Crippen LogP contribution in [0.5, 0.6) is 0 Å². The van der Waals surface area contributed by atoms with Gasteiger partial charge in [-0.25, -0.2) is 0 Å². The normalized spacial score (nSPS) is 48.5. The Hall–Kier alpha value is -1.34. The molecule has 3 aliphatic heterocycles. The Morgan fingerprint density at radius 1 is 0.868 bits per heavy atom. The standard InChI is InChI=1S/C38H69NO14/c1-15-26-38(10,45)31(42)21(4)28(40)19(2)17-37(9,48-14)33(53-35-29(41)25(39(11,12)46)16-20(3)49-35)22(5)30(23(6)34(44)51-26)52-27-18-36(8,47-13)32(43)24(7)50-27/h19-27,29-33,35,41-43,45H,15-18H2,1-14H3. The highest BCUT2D eigenvalue weighted by atomic mass is 16.7. The van der Waals surface area contributed by atoms with Gasteiger partial charge in [0.05, 0.1) is 61.7 Å². The Kier molecular flexibility index (Phi) is 15.1. The fourth-order valence-corrected chi connectivity index (χ4v) is 8.69. The van der Waals surface area contributed by atoms with Crippen LogP contribution in [0.25, 0.3) is 0 Å². The third-order valence-electron chi connectivity index (χ3n) is 12.4. The molecule has 310 valence electrons. The van der Waals surface area contributed by atoms with Crippen LogP contribution >= 0.6 is 0 Å². The van der Waals surface area contributed by atoms with Crippen LogP contribution in [0, 0.1) is 28.9 Å². The number of quaternary nitrogens is 1. The van der Waals surface area contributed by atoms with Crippen molar-refractivity contribution in [1.82, 2.24) is 0 Å². The van der Waals surface area contributed by atoms with Crippen molar-refractivity contribution in [2.24, 2.45) is 23.7 Å². The molecule has 3 fully saturated rings. The molecule has 0 spiro atoms. The SMILES string of the molecule is CCC1OC(=O)C(C)C(OC2CC(C)(OC)C(O)C(C)O2)C(C)C(OC2OC(C)CC([N+](C)(C)[O-])C2O)C(C)(OC)CC(C)C(=O)C(C)C(O)C1(C)O. The molecule has 3 rings (SSSR count). The van der Waals surface area contributed by atoms with Crippen molar-refractivity contribution in [1.29, 1.82) is 0 Å². The molecule has 15 heteroatoms. The van der Waals surface area contributed by atoms with Crippen molar-refractivity contribution >= 4 is 11.8 Å². The second-order valence-corrected chi connectivity index (χ2v) is 17.1. The van der Waals surface area contributed by atoms with Gasteiger partial charge in [-0.3, -0.25) is 9.59 Å². The first-order valence-corrected chi connectivity index (χ1v) is 19.1. The van der Waals surface area contributed by atoms with E-state index >= 15 is 0 Å². The number of esters is 1. The second-order valence-electron chi connectivity index (χ2n) is 17.1. The molecular weight excluding hydrogens is 694 g/mol. The zero-order valence-electron chi connectivity index (χ0n) is 34.3. The fraction of sp³-hybridized carbons (Fsp3) is 0.947. The van der Waals surface area contributed by atoms with Crippen LogP contribution < -0.4 is 0 Å². The average Bonchev–Trinajstić information content (AvgIpc) is 3.08.